The van der Waals surface area contributed by atoms with Crippen molar-refractivity contribution in [1.29, 1.82) is 1.28 Å². The van der Waals surface area contributed by atoms with E-state index in [1.165, 1.54) is 12.1 Å². The molecule has 9 heteroatoms. The van der Waals surface area contributed by atoms with E-state index in [0.29, 0.717) is 5.49 Å². The molecule has 0 spiro atoms. The minimum absolute atomic E-state index is 0. The summed E-state index contributed by atoms with van der Waals surface area (Å²) in [5.74, 6) is 0. The van der Waals surface area contributed by atoms with Crippen molar-refractivity contribution in [1.82, 2.24) is 0 Å². The molecule has 140 valence electrons. The summed E-state index contributed by atoms with van der Waals surface area (Å²) >= 11 is 1.13. The minimum Gasteiger partial charge on any atom is -0.455 e. The van der Waals surface area contributed by atoms with Crippen LogP contribution in [0.4, 0.5) is 0 Å². The fourth-order valence-electron chi connectivity index (χ4n) is 1.95. The van der Waals surface area contributed by atoms with Crippen molar-refractivity contribution in [2.24, 2.45) is 22.1 Å². The van der Waals surface area contributed by atoms with E-state index >= 15 is 0 Å². The van der Waals surface area contributed by atoms with Crippen molar-refractivity contribution in [3.63, 3.8) is 0 Å². The molecule has 1 unspecified atom stereocenters. The van der Waals surface area contributed by atoms with Crippen LogP contribution < -0.4 is 22.1 Å². The van der Waals surface area contributed by atoms with Gasteiger partial charge in [0.25, 0.3) is 0 Å². The first-order valence-electron chi connectivity index (χ1n) is 7.48. The average Bonchev–Trinajstić information content (AvgIpc) is 2.33. The molecular weight excluding hydrogens is 347 g/mol. The second kappa shape index (κ2) is 18.4. The molecule has 0 fully saturated rings. The van der Waals surface area contributed by atoms with Gasteiger partial charge in [-0.2, -0.15) is 0 Å². The standard InChI is InChI=1S/C10H28N2OSi2.CH7N2PS.2CH4/c1-14(2,9-5-7-11)13-15(3,4)10-6-8-12;2-4-1-5-3;;/h5-12H2,1-4H3;4H,1-3H2;2*1H4/i;4D;;. The Morgan fingerprint density at radius 2 is 1.36 bits per heavy atom. The summed E-state index contributed by atoms with van der Waals surface area (Å²) in [5, 5.41) is 4.96. The molecule has 0 saturated heterocycles. The van der Waals surface area contributed by atoms with Crippen LogP contribution in [0, 0.1) is 0 Å². The summed E-state index contributed by atoms with van der Waals surface area (Å²) in [7, 11) is -3.95. The lowest BCUT2D eigenvalue weighted by Crippen LogP contribution is -2.44. The molecule has 0 bridgehead atoms. The van der Waals surface area contributed by atoms with Gasteiger partial charge in [-0.15, -0.1) is 0 Å². The molecule has 22 heavy (non-hydrogen) atoms. The first-order valence-corrected chi connectivity index (χ1v) is 15.5. The first kappa shape index (κ1) is 27.8. The maximum Gasteiger partial charge on any atom is 0.173 e. The highest BCUT2D eigenvalue weighted by molar-refractivity contribution is 8.01. The van der Waals surface area contributed by atoms with E-state index < -0.39 is 25.3 Å². The van der Waals surface area contributed by atoms with Gasteiger partial charge in [0.1, 0.15) is 0 Å². The summed E-state index contributed by atoms with van der Waals surface area (Å²) in [6, 6.07) is 2.37. The predicted molar refractivity (Wildman–Crippen MR) is 116 cm³/mol. The highest BCUT2D eigenvalue weighted by atomic mass is 32.2. The highest BCUT2D eigenvalue weighted by Crippen LogP contribution is 2.23. The molecular formula is C13H43N4OPSSi2. The molecule has 5 nitrogen and oxygen atoms in total. The quantitative estimate of drug-likeness (QED) is 0.257. The van der Waals surface area contributed by atoms with Crippen LogP contribution in [0.1, 0.15) is 27.7 Å². The van der Waals surface area contributed by atoms with E-state index in [4.69, 9.17) is 27.5 Å². The summed E-state index contributed by atoms with van der Waals surface area (Å²) in [6.45, 7) is 10.8. The number of nitrogens with two attached hydrogens (primary N) is 4. The van der Waals surface area contributed by atoms with Gasteiger partial charge in [0, 0.05) is 5.49 Å². The Balaban J connectivity index is -0.000000194. The lowest BCUT2D eigenvalue weighted by Gasteiger charge is -2.34. The van der Waals surface area contributed by atoms with Gasteiger partial charge in [0.2, 0.25) is 0 Å². The third kappa shape index (κ3) is 23.3. The smallest absolute Gasteiger partial charge is 0.173 e. The van der Waals surface area contributed by atoms with Crippen molar-refractivity contribution in [2.45, 2.75) is 66.0 Å². The van der Waals surface area contributed by atoms with Gasteiger partial charge < -0.3 is 21.1 Å². The molecule has 1 atom stereocenters. The third-order valence-corrected chi connectivity index (χ3v) is 11.4. The number of hydrogen-bond acceptors (Lipinski definition) is 6. The van der Waals surface area contributed by atoms with Gasteiger partial charge in [0.05, 0.1) is 1.28 Å². The summed E-state index contributed by atoms with van der Waals surface area (Å²) in [4.78, 5) is 0. The fraction of sp³-hybridized carbons (Fsp3) is 1.00. The molecule has 0 radical (unpaired) electrons. The Hall–Kier alpha value is 1.01. The summed E-state index contributed by atoms with van der Waals surface area (Å²) in [5.41, 5.74) is 16.7. The maximum absolute atomic E-state index is 6.72. The predicted octanol–water partition coefficient (Wildman–Crippen LogP) is 3.49. The molecule has 0 saturated carbocycles. The Bertz CT molecular complexity index is 238. The Labute approximate surface area is 149 Å². The normalized spacial score (nSPS) is 13.0. The molecule has 0 aromatic rings. The monoisotopic (exact) mass is 391 g/mol. The van der Waals surface area contributed by atoms with Crippen LogP contribution in [0.25, 0.3) is 0 Å². The van der Waals surface area contributed by atoms with E-state index in [1.54, 1.807) is 0 Å². The van der Waals surface area contributed by atoms with Crippen molar-refractivity contribution in [3.8, 4) is 0 Å². The van der Waals surface area contributed by atoms with Gasteiger partial charge >= 0.3 is 0 Å². The highest BCUT2D eigenvalue weighted by Gasteiger charge is 2.31. The molecule has 0 aliphatic carbocycles. The molecule has 0 aliphatic heterocycles. The molecule has 0 heterocycles. The maximum atomic E-state index is 6.72. The average molecular weight is 392 g/mol. The Morgan fingerprint density at radius 1 is 1.00 bits per heavy atom. The van der Waals surface area contributed by atoms with Crippen LogP contribution in [-0.4, -0.2) is 36.5 Å². The zero-order valence-electron chi connectivity index (χ0n) is 14.5. The lowest BCUT2D eigenvalue weighted by atomic mass is 10.5. The molecule has 8 N–H and O–H groups in total. The summed E-state index contributed by atoms with van der Waals surface area (Å²) in [6.07, 6.45) is 2.20. The van der Waals surface area contributed by atoms with Gasteiger partial charge in [-0.25, -0.2) is 0 Å². The summed E-state index contributed by atoms with van der Waals surface area (Å²) < 4.78 is 13.1. The number of rotatable bonds is 10. The van der Waals surface area contributed by atoms with Crippen LogP contribution in [0.2, 0.25) is 38.3 Å². The SMILES string of the molecule is C.C.C[Si](C)(CCCN)O[Si](C)(C)CCCN.[2H]P(N)CSN. The van der Waals surface area contributed by atoms with E-state index in [0.717, 1.165) is 37.9 Å². The molecule has 0 aromatic heterocycles. The topological polar surface area (TPSA) is 113 Å². The zero-order chi connectivity index (χ0) is 16.9. The van der Waals surface area contributed by atoms with Crippen molar-refractivity contribution in [3.05, 3.63) is 0 Å². The second-order valence-electron chi connectivity index (χ2n) is 5.88. The van der Waals surface area contributed by atoms with Crippen LogP contribution >= 0.6 is 20.6 Å². The van der Waals surface area contributed by atoms with Crippen molar-refractivity contribution in [2.75, 3.05) is 18.6 Å². The Morgan fingerprint density at radius 3 is 1.55 bits per heavy atom. The van der Waals surface area contributed by atoms with E-state index in [2.05, 4.69) is 26.2 Å². The molecule has 0 aliphatic rings. The zero-order valence-corrected chi connectivity index (χ0v) is 17.2. The third-order valence-electron chi connectivity index (χ3n) is 2.67. The van der Waals surface area contributed by atoms with Crippen molar-refractivity contribution < 1.29 is 4.12 Å². The van der Waals surface area contributed by atoms with E-state index in [9.17, 15) is 0 Å². The van der Waals surface area contributed by atoms with Gasteiger partial charge in [-0.05, 0) is 72.9 Å². The van der Waals surface area contributed by atoms with Gasteiger partial charge in [-0.1, -0.05) is 26.8 Å². The molecule has 0 aromatic carbocycles. The second-order valence-corrected chi connectivity index (χ2v) is 16.5. The molecule has 0 amide bonds. The van der Waals surface area contributed by atoms with Crippen LogP contribution in [0.15, 0.2) is 0 Å². The van der Waals surface area contributed by atoms with Gasteiger partial charge in [-0.3, -0.25) is 5.14 Å². The lowest BCUT2D eigenvalue weighted by molar-refractivity contribution is 0.531. The Kier molecular flexibility index (Phi) is 23.2. The van der Waals surface area contributed by atoms with Gasteiger partial charge in [0.15, 0.2) is 16.6 Å². The van der Waals surface area contributed by atoms with Crippen LogP contribution in [0.5, 0.6) is 0 Å². The van der Waals surface area contributed by atoms with E-state index in [-0.39, 0.29) is 14.9 Å². The minimum atomic E-state index is -1.47. The molecule has 0 rings (SSSR count). The van der Waals surface area contributed by atoms with E-state index in [1.807, 2.05) is 0 Å². The van der Waals surface area contributed by atoms with Crippen LogP contribution in [0.3, 0.4) is 0 Å². The largest absolute Gasteiger partial charge is 0.455 e. The van der Waals surface area contributed by atoms with Crippen LogP contribution in [-0.2, 0) is 4.12 Å². The fourth-order valence-corrected chi connectivity index (χ4v) is 11.2. The first-order chi connectivity index (χ1) is 9.60. The number of hydrogen-bond donors (Lipinski definition) is 4. The van der Waals surface area contributed by atoms with Crippen molar-refractivity contribution >= 4 is 37.3 Å².